The number of likely N-dealkylation sites (N-methyl/N-ethyl adjacent to an activating group) is 1. The second-order valence-corrected chi connectivity index (χ2v) is 7.18. The van der Waals surface area contributed by atoms with Crippen molar-refractivity contribution >= 4 is 23.0 Å². The van der Waals surface area contributed by atoms with Gasteiger partial charge in [-0.25, -0.2) is 0 Å². The van der Waals surface area contributed by atoms with Crippen LogP contribution in [0, 0.1) is 11.3 Å². The number of benzene rings is 2. The van der Waals surface area contributed by atoms with Gasteiger partial charge in [0.15, 0.2) is 11.5 Å². The number of amides is 1. The molecule has 31 heavy (non-hydrogen) atoms. The summed E-state index contributed by atoms with van der Waals surface area (Å²) in [6.07, 6.45) is 1.40. The molecule has 2 N–H and O–H groups in total. The van der Waals surface area contributed by atoms with Crippen LogP contribution in [0.2, 0.25) is 0 Å². The Hall–Kier alpha value is -3.70. The Morgan fingerprint density at radius 3 is 2.26 bits per heavy atom. The molecular weight excluding hydrogens is 394 g/mol. The van der Waals surface area contributed by atoms with Gasteiger partial charge in [0.05, 0.1) is 14.2 Å². The van der Waals surface area contributed by atoms with Crippen LogP contribution in [0.5, 0.6) is 11.5 Å². The first-order valence-corrected chi connectivity index (χ1v) is 9.97. The fourth-order valence-electron chi connectivity index (χ4n) is 3.25. The van der Waals surface area contributed by atoms with Gasteiger partial charge >= 0.3 is 0 Å². The lowest BCUT2D eigenvalue weighted by molar-refractivity contribution is -0.112. The van der Waals surface area contributed by atoms with Crippen molar-refractivity contribution in [2.45, 2.75) is 0 Å². The van der Waals surface area contributed by atoms with Crippen LogP contribution >= 0.6 is 0 Å². The van der Waals surface area contributed by atoms with E-state index in [0.29, 0.717) is 17.2 Å². The molecule has 8 heteroatoms. The minimum atomic E-state index is -0.517. The minimum Gasteiger partial charge on any atom is -0.493 e. The van der Waals surface area contributed by atoms with Gasteiger partial charge in [0.25, 0.3) is 5.91 Å². The number of piperazine rings is 1. The summed E-state index contributed by atoms with van der Waals surface area (Å²) in [6, 6.07) is 14.9. The highest BCUT2D eigenvalue weighted by molar-refractivity contribution is 6.06. The summed E-state index contributed by atoms with van der Waals surface area (Å²) in [7, 11) is 5.18. The summed E-state index contributed by atoms with van der Waals surface area (Å²) in [5.41, 5.74) is 2.41. The molecule has 0 aliphatic carbocycles. The minimum absolute atomic E-state index is 0.0436. The van der Waals surface area contributed by atoms with E-state index in [9.17, 15) is 10.1 Å². The van der Waals surface area contributed by atoms with Gasteiger partial charge in [0.1, 0.15) is 11.6 Å². The summed E-state index contributed by atoms with van der Waals surface area (Å²) in [5.74, 6) is 0.524. The number of anilines is 3. The van der Waals surface area contributed by atoms with Crippen LogP contribution in [0.4, 0.5) is 17.1 Å². The number of carbonyl (C=O) groups is 1. The summed E-state index contributed by atoms with van der Waals surface area (Å²) in [5, 5.41) is 15.1. The lowest BCUT2D eigenvalue weighted by atomic mass is 10.2. The Labute approximate surface area is 182 Å². The third kappa shape index (κ3) is 5.68. The van der Waals surface area contributed by atoms with Crippen LogP contribution in [-0.2, 0) is 4.79 Å². The summed E-state index contributed by atoms with van der Waals surface area (Å²) in [4.78, 5) is 17.1. The Morgan fingerprint density at radius 2 is 1.65 bits per heavy atom. The van der Waals surface area contributed by atoms with Gasteiger partial charge in [0, 0.05) is 55.5 Å². The van der Waals surface area contributed by atoms with Crippen LogP contribution in [0.3, 0.4) is 0 Å². The number of carbonyl (C=O) groups excluding carboxylic acids is 1. The molecular formula is C23H27N5O3. The molecule has 162 valence electrons. The molecule has 0 atom stereocenters. The number of nitrogens with zero attached hydrogens (tertiary/aromatic N) is 3. The first-order valence-electron chi connectivity index (χ1n) is 9.97. The average molecular weight is 422 g/mol. The van der Waals surface area contributed by atoms with Crippen LogP contribution in [0.1, 0.15) is 0 Å². The molecule has 1 aliphatic rings. The topological polar surface area (TPSA) is 89.9 Å². The molecule has 3 rings (SSSR count). The van der Waals surface area contributed by atoms with Crippen LogP contribution in [0.25, 0.3) is 0 Å². The third-order valence-electron chi connectivity index (χ3n) is 5.13. The van der Waals surface area contributed by atoms with Crippen LogP contribution in [-0.4, -0.2) is 58.3 Å². The molecule has 0 bridgehead atoms. The second kappa shape index (κ2) is 10.4. The van der Waals surface area contributed by atoms with Crippen LogP contribution in [0.15, 0.2) is 54.2 Å². The molecule has 0 unspecified atom stereocenters. The van der Waals surface area contributed by atoms with Crippen molar-refractivity contribution in [2.24, 2.45) is 0 Å². The molecule has 0 radical (unpaired) electrons. The molecule has 1 aliphatic heterocycles. The molecule has 0 spiro atoms. The number of nitrogens with one attached hydrogen (secondary N) is 2. The summed E-state index contributed by atoms with van der Waals surface area (Å²) in [6.45, 7) is 4.09. The van der Waals surface area contributed by atoms with Gasteiger partial charge in [-0.3, -0.25) is 4.79 Å². The van der Waals surface area contributed by atoms with Crippen molar-refractivity contribution in [3.63, 3.8) is 0 Å². The average Bonchev–Trinajstić information content (AvgIpc) is 2.80. The number of rotatable bonds is 7. The zero-order valence-electron chi connectivity index (χ0n) is 18.0. The normalized spacial score (nSPS) is 14.5. The Balaban J connectivity index is 1.62. The van der Waals surface area contributed by atoms with Crippen molar-refractivity contribution in [1.82, 2.24) is 4.90 Å². The quantitative estimate of drug-likeness (QED) is 0.525. The number of methoxy groups -OCH3 is 2. The zero-order chi connectivity index (χ0) is 22.2. The first kappa shape index (κ1) is 22.0. The SMILES string of the molecule is COc1ccc(NC(=O)/C(C#N)=C\Nc2ccc(N3CCN(C)CC3)cc2)cc1OC. The van der Waals surface area contributed by atoms with E-state index < -0.39 is 5.91 Å². The molecule has 1 heterocycles. The van der Waals surface area contributed by atoms with E-state index in [-0.39, 0.29) is 5.57 Å². The van der Waals surface area contributed by atoms with E-state index >= 15 is 0 Å². The van der Waals surface area contributed by atoms with E-state index in [1.54, 1.807) is 18.2 Å². The van der Waals surface area contributed by atoms with E-state index in [2.05, 4.69) is 27.5 Å². The van der Waals surface area contributed by atoms with Gasteiger partial charge in [-0.05, 0) is 43.4 Å². The molecule has 1 fully saturated rings. The predicted octanol–water partition coefficient (Wildman–Crippen LogP) is 2.91. The highest BCUT2D eigenvalue weighted by Crippen LogP contribution is 2.29. The van der Waals surface area contributed by atoms with Crippen molar-refractivity contribution in [3.05, 3.63) is 54.2 Å². The van der Waals surface area contributed by atoms with Crippen molar-refractivity contribution in [3.8, 4) is 17.6 Å². The lowest BCUT2D eigenvalue weighted by Gasteiger charge is -2.34. The van der Waals surface area contributed by atoms with E-state index in [0.717, 1.165) is 37.6 Å². The standard InChI is InChI=1S/C23H27N5O3/c1-27-10-12-28(13-11-27)20-7-4-18(5-8-20)25-16-17(15-24)23(29)26-19-6-9-21(30-2)22(14-19)31-3/h4-9,14,16,25H,10-13H2,1-3H3,(H,26,29)/b17-16-. The monoisotopic (exact) mass is 421 g/mol. The highest BCUT2D eigenvalue weighted by atomic mass is 16.5. The maximum Gasteiger partial charge on any atom is 0.267 e. The largest absolute Gasteiger partial charge is 0.493 e. The van der Waals surface area contributed by atoms with E-state index in [4.69, 9.17) is 9.47 Å². The summed E-state index contributed by atoms with van der Waals surface area (Å²) < 4.78 is 10.4. The number of nitriles is 1. The first-order chi connectivity index (χ1) is 15.0. The van der Waals surface area contributed by atoms with Crippen LogP contribution < -0.4 is 25.0 Å². The molecule has 2 aromatic carbocycles. The van der Waals surface area contributed by atoms with Crippen molar-refractivity contribution in [1.29, 1.82) is 5.26 Å². The molecule has 8 nitrogen and oxygen atoms in total. The van der Waals surface area contributed by atoms with Crippen molar-refractivity contribution in [2.75, 3.05) is 63.0 Å². The zero-order valence-corrected chi connectivity index (χ0v) is 18.0. The fourth-order valence-corrected chi connectivity index (χ4v) is 3.25. The molecule has 0 saturated carbocycles. The van der Waals surface area contributed by atoms with Gasteiger partial charge in [-0.2, -0.15) is 5.26 Å². The molecule has 2 aromatic rings. The van der Waals surface area contributed by atoms with Gasteiger partial charge in [-0.1, -0.05) is 0 Å². The maximum atomic E-state index is 12.5. The second-order valence-electron chi connectivity index (χ2n) is 7.18. The van der Waals surface area contributed by atoms with E-state index in [1.807, 2.05) is 30.3 Å². The maximum absolute atomic E-state index is 12.5. The third-order valence-corrected chi connectivity index (χ3v) is 5.13. The van der Waals surface area contributed by atoms with Gasteiger partial charge in [-0.15, -0.1) is 0 Å². The number of hydrogen-bond acceptors (Lipinski definition) is 7. The Morgan fingerprint density at radius 1 is 1.00 bits per heavy atom. The molecule has 1 amide bonds. The predicted molar refractivity (Wildman–Crippen MR) is 122 cm³/mol. The van der Waals surface area contributed by atoms with Gasteiger partial charge < -0.3 is 29.9 Å². The smallest absolute Gasteiger partial charge is 0.267 e. The summed E-state index contributed by atoms with van der Waals surface area (Å²) >= 11 is 0. The van der Waals surface area contributed by atoms with Gasteiger partial charge in [0.2, 0.25) is 0 Å². The number of hydrogen-bond donors (Lipinski definition) is 2. The highest BCUT2D eigenvalue weighted by Gasteiger charge is 2.14. The molecule has 1 saturated heterocycles. The Bertz CT molecular complexity index is 974. The van der Waals surface area contributed by atoms with Crippen molar-refractivity contribution < 1.29 is 14.3 Å². The fraction of sp³-hybridized carbons (Fsp3) is 0.304. The number of ether oxygens (including phenoxy) is 2. The molecule has 0 aromatic heterocycles. The lowest BCUT2D eigenvalue weighted by Crippen LogP contribution is -2.44. The Kier molecular flexibility index (Phi) is 7.35. The van der Waals surface area contributed by atoms with E-state index in [1.165, 1.54) is 20.4 Å².